The topological polar surface area (TPSA) is 28.7 Å². The summed E-state index contributed by atoms with van der Waals surface area (Å²) >= 11 is 0. The van der Waals surface area contributed by atoms with Crippen molar-refractivity contribution in [1.29, 1.82) is 5.26 Å². The Morgan fingerprint density at radius 3 is 2.56 bits per heavy atom. The lowest BCUT2D eigenvalue weighted by atomic mass is 10.1. The van der Waals surface area contributed by atoms with Gasteiger partial charge in [-0.25, -0.2) is 0 Å². The second kappa shape index (κ2) is 3.27. The van der Waals surface area contributed by atoms with Gasteiger partial charge in [-0.05, 0) is 18.2 Å². The number of nitrogens with zero attached hydrogens (tertiary/aromatic N) is 2. The van der Waals surface area contributed by atoms with Gasteiger partial charge in [0, 0.05) is 24.1 Å². The maximum atomic E-state index is 12.6. The largest absolute Gasteiger partial charge is 0.416 e. The molecule has 2 rings (SSSR count). The molecule has 0 aliphatic heterocycles. The summed E-state index contributed by atoms with van der Waals surface area (Å²) in [5.74, 6) is 0. The number of hydrogen-bond acceptors (Lipinski definition) is 1. The van der Waals surface area contributed by atoms with Crippen LogP contribution in [-0.4, -0.2) is 4.57 Å². The second-order valence-electron chi connectivity index (χ2n) is 3.49. The van der Waals surface area contributed by atoms with Gasteiger partial charge < -0.3 is 4.57 Å². The molecule has 1 heterocycles. The van der Waals surface area contributed by atoms with Gasteiger partial charge in [0.25, 0.3) is 0 Å². The molecule has 0 saturated carbocycles. The molecule has 1 aromatic heterocycles. The van der Waals surface area contributed by atoms with Crippen molar-refractivity contribution >= 4 is 10.9 Å². The minimum absolute atomic E-state index is 0.0467. The Morgan fingerprint density at radius 1 is 1.31 bits per heavy atom. The van der Waals surface area contributed by atoms with Crippen molar-refractivity contribution < 1.29 is 13.2 Å². The van der Waals surface area contributed by atoms with Crippen molar-refractivity contribution in [3.05, 3.63) is 35.5 Å². The zero-order chi connectivity index (χ0) is 11.9. The molecule has 0 radical (unpaired) electrons. The highest BCUT2D eigenvalue weighted by molar-refractivity contribution is 5.86. The Labute approximate surface area is 89.5 Å². The molecule has 16 heavy (non-hydrogen) atoms. The van der Waals surface area contributed by atoms with Crippen molar-refractivity contribution in [3.63, 3.8) is 0 Å². The van der Waals surface area contributed by atoms with Crippen LogP contribution >= 0.6 is 0 Å². The summed E-state index contributed by atoms with van der Waals surface area (Å²) in [5, 5.41) is 9.35. The number of aromatic nitrogens is 1. The number of aryl methyl sites for hydroxylation is 1. The highest BCUT2D eigenvalue weighted by Crippen LogP contribution is 2.33. The molecule has 0 spiro atoms. The minimum Gasteiger partial charge on any atom is -0.350 e. The van der Waals surface area contributed by atoms with Crippen LogP contribution < -0.4 is 0 Å². The van der Waals surface area contributed by atoms with Gasteiger partial charge in [0.1, 0.15) is 0 Å². The van der Waals surface area contributed by atoms with Gasteiger partial charge in [-0.3, -0.25) is 0 Å². The lowest BCUT2D eigenvalue weighted by molar-refractivity contribution is -0.137. The zero-order valence-corrected chi connectivity index (χ0v) is 8.34. The summed E-state index contributed by atoms with van der Waals surface area (Å²) in [6.07, 6.45) is -2.80. The van der Waals surface area contributed by atoms with Crippen LogP contribution in [0.5, 0.6) is 0 Å². The lowest BCUT2D eigenvalue weighted by Gasteiger charge is -2.08. The number of rotatable bonds is 0. The summed E-state index contributed by atoms with van der Waals surface area (Å²) < 4.78 is 39.2. The van der Waals surface area contributed by atoms with Gasteiger partial charge in [-0.15, -0.1) is 0 Å². The fourth-order valence-electron chi connectivity index (χ4n) is 1.63. The van der Waals surface area contributed by atoms with E-state index in [1.165, 1.54) is 0 Å². The van der Waals surface area contributed by atoms with E-state index in [0.717, 1.165) is 12.1 Å². The molecule has 0 aliphatic carbocycles. The van der Waals surface area contributed by atoms with Crippen molar-refractivity contribution in [2.24, 2.45) is 7.05 Å². The quantitative estimate of drug-likeness (QED) is 0.676. The molecule has 0 N–H and O–H groups in total. The van der Waals surface area contributed by atoms with Crippen LogP contribution in [0.3, 0.4) is 0 Å². The molecular weight excluding hydrogens is 217 g/mol. The summed E-state index contributed by atoms with van der Waals surface area (Å²) in [6.45, 7) is 0. The SMILES string of the molecule is Cn1ccc2c(C#N)cc(C(F)(F)F)cc21. The van der Waals surface area contributed by atoms with E-state index in [1.807, 2.05) is 0 Å². The van der Waals surface area contributed by atoms with Crippen LogP contribution in [0.1, 0.15) is 11.1 Å². The van der Waals surface area contributed by atoms with E-state index in [4.69, 9.17) is 5.26 Å². The summed E-state index contributed by atoms with van der Waals surface area (Å²) in [6, 6.07) is 5.34. The molecule has 2 aromatic rings. The van der Waals surface area contributed by atoms with E-state index in [1.54, 1.807) is 29.9 Å². The van der Waals surface area contributed by atoms with Crippen LogP contribution in [0.25, 0.3) is 10.9 Å². The van der Waals surface area contributed by atoms with Crippen molar-refractivity contribution in [2.75, 3.05) is 0 Å². The molecule has 0 aliphatic rings. The van der Waals surface area contributed by atoms with Crippen LogP contribution in [0, 0.1) is 11.3 Å². The van der Waals surface area contributed by atoms with Gasteiger partial charge in [0.05, 0.1) is 17.2 Å². The number of nitriles is 1. The van der Waals surface area contributed by atoms with Crippen LogP contribution in [-0.2, 0) is 13.2 Å². The minimum atomic E-state index is -4.43. The molecule has 0 unspecified atom stereocenters. The lowest BCUT2D eigenvalue weighted by Crippen LogP contribution is -2.05. The molecule has 82 valence electrons. The summed E-state index contributed by atoms with van der Waals surface area (Å²) in [4.78, 5) is 0. The maximum Gasteiger partial charge on any atom is 0.416 e. The maximum absolute atomic E-state index is 12.6. The number of alkyl halides is 3. The van der Waals surface area contributed by atoms with Crippen LogP contribution in [0.4, 0.5) is 13.2 Å². The molecule has 0 saturated heterocycles. The van der Waals surface area contributed by atoms with Crippen molar-refractivity contribution in [2.45, 2.75) is 6.18 Å². The van der Waals surface area contributed by atoms with E-state index >= 15 is 0 Å². The first-order valence-electron chi connectivity index (χ1n) is 4.50. The Morgan fingerprint density at radius 2 is 2.00 bits per heavy atom. The number of hydrogen-bond donors (Lipinski definition) is 0. The third-order valence-electron chi connectivity index (χ3n) is 2.45. The Balaban J connectivity index is 2.82. The van der Waals surface area contributed by atoms with E-state index < -0.39 is 11.7 Å². The first-order chi connectivity index (χ1) is 7.43. The highest BCUT2D eigenvalue weighted by Gasteiger charge is 2.31. The Hall–Kier alpha value is -1.96. The summed E-state index contributed by atoms with van der Waals surface area (Å²) in [5.41, 5.74) is -0.338. The van der Waals surface area contributed by atoms with E-state index in [2.05, 4.69) is 0 Å². The fourth-order valence-corrected chi connectivity index (χ4v) is 1.63. The van der Waals surface area contributed by atoms with Crippen molar-refractivity contribution in [1.82, 2.24) is 4.57 Å². The van der Waals surface area contributed by atoms with E-state index in [9.17, 15) is 13.2 Å². The van der Waals surface area contributed by atoms with Gasteiger partial charge >= 0.3 is 6.18 Å². The van der Waals surface area contributed by atoms with Crippen LogP contribution in [0.15, 0.2) is 24.4 Å². The number of benzene rings is 1. The molecule has 0 fully saturated rings. The Kier molecular flexibility index (Phi) is 2.16. The smallest absolute Gasteiger partial charge is 0.350 e. The van der Waals surface area contributed by atoms with E-state index in [-0.39, 0.29) is 5.56 Å². The first-order valence-corrected chi connectivity index (χ1v) is 4.50. The Bertz CT molecular complexity index is 588. The van der Waals surface area contributed by atoms with Gasteiger partial charge in [0.15, 0.2) is 0 Å². The molecule has 5 heteroatoms. The van der Waals surface area contributed by atoms with Gasteiger partial charge in [0.2, 0.25) is 0 Å². The number of halogens is 3. The molecule has 2 nitrogen and oxygen atoms in total. The third-order valence-corrected chi connectivity index (χ3v) is 2.45. The highest BCUT2D eigenvalue weighted by atomic mass is 19.4. The molecule has 0 atom stereocenters. The molecule has 1 aromatic carbocycles. The van der Waals surface area contributed by atoms with Gasteiger partial charge in [-0.1, -0.05) is 0 Å². The fraction of sp³-hybridized carbons (Fsp3) is 0.182. The van der Waals surface area contributed by atoms with E-state index in [0.29, 0.717) is 10.9 Å². The molecule has 0 bridgehead atoms. The number of fused-ring (bicyclic) bond motifs is 1. The average molecular weight is 224 g/mol. The monoisotopic (exact) mass is 224 g/mol. The van der Waals surface area contributed by atoms with Crippen molar-refractivity contribution in [3.8, 4) is 6.07 Å². The predicted molar refractivity (Wildman–Crippen MR) is 52.6 cm³/mol. The molecular formula is C11H7F3N2. The first kappa shape index (κ1) is 10.6. The average Bonchev–Trinajstić information content (AvgIpc) is 2.58. The second-order valence-corrected chi connectivity index (χ2v) is 3.49. The zero-order valence-electron chi connectivity index (χ0n) is 8.34. The predicted octanol–water partition coefficient (Wildman–Crippen LogP) is 3.07. The molecule has 0 amide bonds. The normalized spacial score (nSPS) is 11.7. The standard InChI is InChI=1S/C11H7F3N2/c1-16-3-2-9-7(6-15)4-8(5-10(9)16)11(12,13)14/h2-5H,1H3. The third kappa shape index (κ3) is 1.52. The van der Waals surface area contributed by atoms with Gasteiger partial charge in [-0.2, -0.15) is 18.4 Å². The van der Waals surface area contributed by atoms with Crippen LogP contribution in [0.2, 0.25) is 0 Å². The summed E-state index contributed by atoms with van der Waals surface area (Å²) in [7, 11) is 1.64.